The molecule has 2 rings (SSSR count). The summed E-state index contributed by atoms with van der Waals surface area (Å²) >= 11 is 0. The van der Waals surface area contributed by atoms with Gasteiger partial charge >= 0.3 is 6.03 Å². The molecule has 0 atom stereocenters. The van der Waals surface area contributed by atoms with Crippen molar-refractivity contribution in [2.45, 2.75) is 65.4 Å². The van der Waals surface area contributed by atoms with Crippen LogP contribution in [0.2, 0.25) is 0 Å². The minimum absolute atomic E-state index is 0.141. The van der Waals surface area contributed by atoms with Crippen LogP contribution in [-0.4, -0.2) is 25.3 Å². The molecule has 1 aromatic carbocycles. The molecular formula is C19H30N2O2. The molecule has 0 spiro atoms. The van der Waals surface area contributed by atoms with Gasteiger partial charge in [-0.05, 0) is 51.2 Å². The van der Waals surface area contributed by atoms with Gasteiger partial charge in [0, 0.05) is 18.8 Å². The van der Waals surface area contributed by atoms with Gasteiger partial charge in [-0.15, -0.1) is 0 Å². The van der Waals surface area contributed by atoms with Crippen LogP contribution >= 0.6 is 0 Å². The van der Waals surface area contributed by atoms with E-state index in [4.69, 9.17) is 4.74 Å². The maximum Gasteiger partial charge on any atom is 0.319 e. The van der Waals surface area contributed by atoms with E-state index in [9.17, 15) is 4.79 Å². The van der Waals surface area contributed by atoms with Gasteiger partial charge in [-0.1, -0.05) is 37.0 Å². The molecule has 4 nitrogen and oxygen atoms in total. The van der Waals surface area contributed by atoms with Gasteiger partial charge in [0.1, 0.15) is 0 Å². The van der Waals surface area contributed by atoms with Gasteiger partial charge in [0.15, 0.2) is 0 Å². The first-order valence-electron chi connectivity index (χ1n) is 8.80. The maximum absolute atomic E-state index is 12.0. The molecule has 1 aliphatic rings. The molecule has 2 amide bonds. The van der Waals surface area contributed by atoms with Crippen molar-refractivity contribution in [3.05, 3.63) is 28.8 Å². The lowest BCUT2D eigenvalue weighted by molar-refractivity contribution is 0.0276. The quantitative estimate of drug-likeness (QED) is 0.760. The summed E-state index contributed by atoms with van der Waals surface area (Å²) < 4.78 is 5.86. The Bertz CT molecular complexity index is 499. The Balaban J connectivity index is 1.65. The molecule has 1 saturated carbocycles. The highest BCUT2D eigenvalue weighted by atomic mass is 16.5. The molecule has 2 N–H and O–H groups in total. The molecule has 1 aromatic rings. The molecule has 1 aliphatic carbocycles. The lowest BCUT2D eigenvalue weighted by Crippen LogP contribution is -2.31. The second-order valence-corrected chi connectivity index (χ2v) is 6.64. The Morgan fingerprint density at radius 2 is 1.78 bits per heavy atom. The van der Waals surface area contributed by atoms with Crippen LogP contribution in [0.15, 0.2) is 12.1 Å². The first-order chi connectivity index (χ1) is 11.1. The Morgan fingerprint density at radius 3 is 2.43 bits per heavy atom. The lowest BCUT2D eigenvalue weighted by atomic mass is 9.98. The van der Waals surface area contributed by atoms with E-state index in [2.05, 4.69) is 29.7 Å². The third-order valence-electron chi connectivity index (χ3n) is 4.43. The van der Waals surface area contributed by atoms with E-state index in [1.807, 2.05) is 13.8 Å². The lowest BCUT2D eigenvalue weighted by Gasteiger charge is -2.22. The van der Waals surface area contributed by atoms with Crippen LogP contribution in [0.25, 0.3) is 0 Å². The van der Waals surface area contributed by atoms with Crippen LogP contribution in [0.4, 0.5) is 10.5 Å². The number of anilines is 1. The highest BCUT2D eigenvalue weighted by Crippen LogP contribution is 2.22. The van der Waals surface area contributed by atoms with Crippen molar-refractivity contribution in [2.75, 3.05) is 18.5 Å². The monoisotopic (exact) mass is 318 g/mol. The van der Waals surface area contributed by atoms with E-state index in [1.54, 1.807) is 0 Å². The Hall–Kier alpha value is -1.55. The van der Waals surface area contributed by atoms with Gasteiger partial charge in [0.05, 0.1) is 6.10 Å². The fourth-order valence-corrected chi connectivity index (χ4v) is 3.29. The van der Waals surface area contributed by atoms with Crippen molar-refractivity contribution >= 4 is 11.7 Å². The van der Waals surface area contributed by atoms with Gasteiger partial charge < -0.3 is 15.4 Å². The first-order valence-corrected chi connectivity index (χ1v) is 8.80. The largest absolute Gasteiger partial charge is 0.378 e. The summed E-state index contributed by atoms with van der Waals surface area (Å²) in [5.74, 6) is 0. The number of aryl methyl sites for hydroxylation is 3. The number of carbonyl (C=O) groups excluding carboxylic acids is 1. The normalized spacial score (nSPS) is 15.4. The number of amides is 2. The molecule has 23 heavy (non-hydrogen) atoms. The van der Waals surface area contributed by atoms with Crippen LogP contribution in [0.1, 0.15) is 55.2 Å². The highest BCUT2D eigenvalue weighted by Gasteiger charge is 2.13. The van der Waals surface area contributed by atoms with Crippen molar-refractivity contribution in [1.29, 1.82) is 0 Å². The standard InChI is InChI=1S/C19H30N2O2/c1-14-12-15(2)18(16(3)13-14)21-19(22)20-10-7-11-23-17-8-5-4-6-9-17/h12-13,17H,4-11H2,1-3H3,(H2,20,21,22). The SMILES string of the molecule is Cc1cc(C)c(NC(=O)NCCCOC2CCCCC2)c(C)c1. The van der Waals surface area contributed by atoms with E-state index in [-0.39, 0.29) is 6.03 Å². The van der Waals surface area contributed by atoms with Crippen molar-refractivity contribution in [3.63, 3.8) is 0 Å². The Kier molecular flexibility index (Phi) is 6.90. The van der Waals surface area contributed by atoms with Crippen LogP contribution in [0, 0.1) is 20.8 Å². The third kappa shape index (κ3) is 5.87. The van der Waals surface area contributed by atoms with Crippen molar-refractivity contribution < 1.29 is 9.53 Å². The van der Waals surface area contributed by atoms with E-state index in [1.165, 1.54) is 37.7 Å². The number of hydrogen-bond donors (Lipinski definition) is 2. The number of carbonyl (C=O) groups is 1. The number of hydrogen-bond acceptors (Lipinski definition) is 2. The second kappa shape index (κ2) is 8.92. The molecule has 0 aromatic heterocycles. The van der Waals surface area contributed by atoms with Crippen molar-refractivity contribution in [2.24, 2.45) is 0 Å². The summed E-state index contributed by atoms with van der Waals surface area (Å²) in [7, 11) is 0. The minimum atomic E-state index is -0.141. The molecule has 1 fully saturated rings. The number of benzene rings is 1. The van der Waals surface area contributed by atoms with Crippen LogP contribution in [0.5, 0.6) is 0 Å². The summed E-state index contributed by atoms with van der Waals surface area (Å²) in [6, 6.07) is 4.03. The molecule has 0 saturated heterocycles. The Morgan fingerprint density at radius 1 is 1.13 bits per heavy atom. The number of nitrogens with one attached hydrogen (secondary N) is 2. The summed E-state index contributed by atoms with van der Waals surface area (Å²) in [4.78, 5) is 12.0. The molecule has 0 unspecified atom stereocenters. The maximum atomic E-state index is 12.0. The zero-order valence-corrected chi connectivity index (χ0v) is 14.7. The predicted octanol–water partition coefficient (Wildman–Crippen LogP) is 4.47. The second-order valence-electron chi connectivity index (χ2n) is 6.64. The van der Waals surface area contributed by atoms with Crippen LogP contribution < -0.4 is 10.6 Å². The molecule has 0 aliphatic heterocycles. The van der Waals surface area contributed by atoms with E-state index in [0.717, 1.165) is 29.8 Å². The van der Waals surface area contributed by atoms with Crippen LogP contribution in [-0.2, 0) is 4.74 Å². The zero-order valence-electron chi connectivity index (χ0n) is 14.7. The average molecular weight is 318 g/mol. The molecule has 0 radical (unpaired) electrons. The zero-order chi connectivity index (χ0) is 16.7. The fourth-order valence-electron chi connectivity index (χ4n) is 3.29. The molecule has 4 heteroatoms. The number of urea groups is 1. The molecule has 128 valence electrons. The smallest absolute Gasteiger partial charge is 0.319 e. The van der Waals surface area contributed by atoms with Gasteiger partial charge in [-0.25, -0.2) is 4.79 Å². The minimum Gasteiger partial charge on any atom is -0.378 e. The molecule has 0 heterocycles. The summed E-state index contributed by atoms with van der Waals surface area (Å²) in [5, 5.41) is 5.86. The summed E-state index contributed by atoms with van der Waals surface area (Å²) in [5.41, 5.74) is 4.31. The van der Waals surface area contributed by atoms with Gasteiger partial charge in [0.2, 0.25) is 0 Å². The first kappa shape index (κ1) is 17.8. The van der Waals surface area contributed by atoms with Crippen molar-refractivity contribution in [1.82, 2.24) is 5.32 Å². The fraction of sp³-hybridized carbons (Fsp3) is 0.632. The third-order valence-corrected chi connectivity index (χ3v) is 4.43. The molecular weight excluding hydrogens is 288 g/mol. The summed E-state index contributed by atoms with van der Waals surface area (Å²) in [6.07, 6.45) is 7.62. The van der Waals surface area contributed by atoms with E-state index in [0.29, 0.717) is 12.6 Å². The van der Waals surface area contributed by atoms with Crippen LogP contribution in [0.3, 0.4) is 0 Å². The van der Waals surface area contributed by atoms with Gasteiger partial charge in [0.25, 0.3) is 0 Å². The van der Waals surface area contributed by atoms with Crippen molar-refractivity contribution in [3.8, 4) is 0 Å². The number of ether oxygens (including phenoxy) is 1. The topological polar surface area (TPSA) is 50.4 Å². The van der Waals surface area contributed by atoms with E-state index >= 15 is 0 Å². The average Bonchev–Trinajstić information content (AvgIpc) is 2.51. The summed E-state index contributed by atoms with van der Waals surface area (Å²) in [6.45, 7) is 7.48. The predicted molar refractivity (Wildman–Crippen MR) is 95.1 cm³/mol. The Labute approximate surface area is 140 Å². The van der Waals surface area contributed by atoms with Gasteiger partial charge in [-0.2, -0.15) is 0 Å². The van der Waals surface area contributed by atoms with Gasteiger partial charge in [-0.3, -0.25) is 0 Å². The highest BCUT2D eigenvalue weighted by molar-refractivity contribution is 5.91. The van der Waals surface area contributed by atoms with E-state index < -0.39 is 0 Å². The number of rotatable bonds is 6. The molecule has 0 bridgehead atoms.